The van der Waals surface area contributed by atoms with Crippen molar-refractivity contribution in [1.29, 1.82) is 0 Å². The van der Waals surface area contributed by atoms with Crippen LogP contribution in [0.4, 0.5) is 5.69 Å². The van der Waals surface area contributed by atoms with Gasteiger partial charge >= 0.3 is 0 Å². The second-order valence-electron chi connectivity index (χ2n) is 5.61. The van der Waals surface area contributed by atoms with E-state index in [9.17, 15) is 4.79 Å². The highest BCUT2D eigenvalue weighted by Crippen LogP contribution is 2.23. The van der Waals surface area contributed by atoms with Crippen LogP contribution in [-0.2, 0) is 4.79 Å². The van der Waals surface area contributed by atoms with Gasteiger partial charge in [0.1, 0.15) is 5.75 Å². The molecule has 0 aromatic heterocycles. The SMILES string of the molecule is COc1ccccc1NC(=O)CCN1CCCCCCC1. The Kier molecular flexibility index (Phi) is 6.54. The summed E-state index contributed by atoms with van der Waals surface area (Å²) in [5.74, 6) is 0.763. The van der Waals surface area contributed by atoms with E-state index in [0.29, 0.717) is 12.2 Å². The number of methoxy groups -OCH3 is 1. The lowest BCUT2D eigenvalue weighted by molar-refractivity contribution is -0.116. The number of ether oxygens (including phenoxy) is 1. The Hall–Kier alpha value is -1.55. The summed E-state index contributed by atoms with van der Waals surface area (Å²) in [6.45, 7) is 3.10. The zero-order valence-corrected chi connectivity index (χ0v) is 12.9. The van der Waals surface area contributed by atoms with Gasteiger partial charge in [-0.1, -0.05) is 31.4 Å². The largest absolute Gasteiger partial charge is 0.495 e. The van der Waals surface area contributed by atoms with Crippen molar-refractivity contribution in [3.05, 3.63) is 24.3 Å². The smallest absolute Gasteiger partial charge is 0.225 e. The van der Waals surface area contributed by atoms with Crippen molar-refractivity contribution in [3.63, 3.8) is 0 Å². The average molecular weight is 290 g/mol. The van der Waals surface area contributed by atoms with Crippen molar-refractivity contribution in [3.8, 4) is 5.75 Å². The Morgan fingerprint density at radius 1 is 1.14 bits per heavy atom. The zero-order valence-electron chi connectivity index (χ0n) is 12.9. The number of hydrogen-bond donors (Lipinski definition) is 1. The number of carbonyl (C=O) groups excluding carboxylic acids is 1. The molecule has 1 aromatic rings. The Morgan fingerprint density at radius 2 is 1.81 bits per heavy atom. The van der Waals surface area contributed by atoms with Gasteiger partial charge in [-0.25, -0.2) is 0 Å². The van der Waals surface area contributed by atoms with Crippen LogP contribution < -0.4 is 10.1 Å². The number of nitrogens with zero attached hydrogens (tertiary/aromatic N) is 1. The first-order valence-electron chi connectivity index (χ1n) is 7.95. The van der Waals surface area contributed by atoms with Crippen LogP contribution in [0.25, 0.3) is 0 Å². The van der Waals surface area contributed by atoms with Crippen LogP contribution in [-0.4, -0.2) is 37.6 Å². The van der Waals surface area contributed by atoms with Gasteiger partial charge in [0.25, 0.3) is 0 Å². The van der Waals surface area contributed by atoms with E-state index in [2.05, 4.69) is 10.2 Å². The topological polar surface area (TPSA) is 41.6 Å². The first-order chi connectivity index (χ1) is 10.3. The number of para-hydroxylation sites is 2. The van der Waals surface area contributed by atoms with Gasteiger partial charge in [0.2, 0.25) is 5.91 Å². The van der Waals surface area contributed by atoms with Crippen LogP contribution in [0.15, 0.2) is 24.3 Å². The van der Waals surface area contributed by atoms with Gasteiger partial charge in [-0.2, -0.15) is 0 Å². The molecule has 0 aliphatic carbocycles. The molecule has 1 aliphatic heterocycles. The Bertz CT molecular complexity index is 440. The van der Waals surface area contributed by atoms with Crippen LogP contribution in [0, 0.1) is 0 Å². The maximum absolute atomic E-state index is 12.1. The molecule has 0 unspecified atom stereocenters. The minimum Gasteiger partial charge on any atom is -0.495 e. The molecule has 0 spiro atoms. The lowest BCUT2D eigenvalue weighted by Crippen LogP contribution is -2.30. The standard InChI is InChI=1S/C17H26N2O2/c1-21-16-10-6-5-9-15(16)18-17(20)11-14-19-12-7-3-2-4-8-13-19/h5-6,9-10H,2-4,7-8,11-14H2,1H3,(H,18,20). The molecule has 1 amide bonds. The number of carbonyl (C=O) groups is 1. The molecule has 0 saturated carbocycles. The average Bonchev–Trinajstić information content (AvgIpc) is 2.46. The Labute approximate surface area is 127 Å². The molecule has 21 heavy (non-hydrogen) atoms. The van der Waals surface area contributed by atoms with Gasteiger partial charge in [-0.05, 0) is 38.1 Å². The summed E-state index contributed by atoms with van der Waals surface area (Å²) in [6, 6.07) is 7.52. The quantitative estimate of drug-likeness (QED) is 0.904. The summed E-state index contributed by atoms with van der Waals surface area (Å²) in [5, 5.41) is 2.94. The summed E-state index contributed by atoms with van der Waals surface area (Å²) in [7, 11) is 1.62. The number of benzene rings is 1. The fraction of sp³-hybridized carbons (Fsp3) is 0.588. The first kappa shape index (κ1) is 15.8. The third-order valence-corrected chi connectivity index (χ3v) is 3.98. The highest BCUT2D eigenvalue weighted by atomic mass is 16.5. The maximum atomic E-state index is 12.1. The summed E-state index contributed by atoms with van der Waals surface area (Å²) < 4.78 is 5.25. The van der Waals surface area contributed by atoms with E-state index in [1.165, 1.54) is 32.1 Å². The summed E-state index contributed by atoms with van der Waals surface area (Å²) >= 11 is 0. The normalized spacial score (nSPS) is 16.8. The maximum Gasteiger partial charge on any atom is 0.225 e. The third-order valence-electron chi connectivity index (χ3n) is 3.98. The lowest BCUT2D eigenvalue weighted by atomic mass is 10.1. The molecule has 2 rings (SSSR count). The third kappa shape index (κ3) is 5.38. The Morgan fingerprint density at radius 3 is 2.52 bits per heavy atom. The predicted octanol–water partition coefficient (Wildman–Crippen LogP) is 3.29. The van der Waals surface area contributed by atoms with Crippen molar-refractivity contribution in [2.75, 3.05) is 32.1 Å². The van der Waals surface area contributed by atoms with Crippen molar-refractivity contribution >= 4 is 11.6 Å². The van der Waals surface area contributed by atoms with Gasteiger partial charge in [0, 0.05) is 13.0 Å². The fourth-order valence-electron chi connectivity index (χ4n) is 2.76. The predicted molar refractivity (Wildman–Crippen MR) is 85.8 cm³/mol. The molecule has 1 aromatic carbocycles. The number of amides is 1. The molecule has 1 saturated heterocycles. The van der Waals surface area contributed by atoms with Crippen LogP contribution in [0.2, 0.25) is 0 Å². The molecule has 1 fully saturated rings. The van der Waals surface area contributed by atoms with Crippen molar-refractivity contribution in [1.82, 2.24) is 4.90 Å². The van der Waals surface area contributed by atoms with E-state index < -0.39 is 0 Å². The van der Waals surface area contributed by atoms with Crippen molar-refractivity contribution < 1.29 is 9.53 Å². The second-order valence-corrected chi connectivity index (χ2v) is 5.61. The van der Waals surface area contributed by atoms with Gasteiger partial charge in [-0.15, -0.1) is 0 Å². The summed E-state index contributed by atoms with van der Waals surface area (Å²) in [5.41, 5.74) is 0.748. The summed E-state index contributed by atoms with van der Waals surface area (Å²) in [6.07, 6.45) is 7.07. The van der Waals surface area contributed by atoms with Crippen molar-refractivity contribution in [2.24, 2.45) is 0 Å². The van der Waals surface area contributed by atoms with E-state index in [4.69, 9.17) is 4.74 Å². The lowest BCUT2D eigenvalue weighted by Gasteiger charge is -2.24. The van der Waals surface area contributed by atoms with Gasteiger partial charge < -0.3 is 15.0 Å². The van der Waals surface area contributed by atoms with E-state index in [0.717, 1.165) is 25.3 Å². The highest BCUT2D eigenvalue weighted by Gasteiger charge is 2.11. The van der Waals surface area contributed by atoms with Crippen LogP contribution >= 0.6 is 0 Å². The van der Waals surface area contributed by atoms with E-state index in [1.807, 2.05) is 24.3 Å². The molecule has 116 valence electrons. The van der Waals surface area contributed by atoms with Gasteiger partial charge in [-0.3, -0.25) is 4.79 Å². The number of rotatable bonds is 5. The number of nitrogens with one attached hydrogen (secondary N) is 1. The molecular formula is C17H26N2O2. The van der Waals surface area contributed by atoms with E-state index in [1.54, 1.807) is 7.11 Å². The Balaban J connectivity index is 1.78. The van der Waals surface area contributed by atoms with E-state index >= 15 is 0 Å². The number of hydrogen-bond acceptors (Lipinski definition) is 3. The first-order valence-corrected chi connectivity index (χ1v) is 7.95. The molecule has 0 radical (unpaired) electrons. The monoisotopic (exact) mass is 290 g/mol. The molecule has 1 N–H and O–H groups in total. The van der Waals surface area contributed by atoms with Crippen LogP contribution in [0.1, 0.15) is 38.5 Å². The minimum absolute atomic E-state index is 0.0570. The molecule has 0 bridgehead atoms. The molecule has 1 aliphatic rings. The van der Waals surface area contributed by atoms with Gasteiger partial charge in [0.15, 0.2) is 0 Å². The highest BCUT2D eigenvalue weighted by molar-refractivity contribution is 5.92. The summed E-state index contributed by atoms with van der Waals surface area (Å²) in [4.78, 5) is 14.5. The van der Waals surface area contributed by atoms with Crippen molar-refractivity contribution in [2.45, 2.75) is 38.5 Å². The molecule has 1 heterocycles. The van der Waals surface area contributed by atoms with Crippen LogP contribution in [0.3, 0.4) is 0 Å². The minimum atomic E-state index is 0.0570. The molecule has 4 nitrogen and oxygen atoms in total. The number of likely N-dealkylation sites (tertiary alicyclic amines) is 1. The number of anilines is 1. The fourth-order valence-corrected chi connectivity index (χ4v) is 2.76. The molecular weight excluding hydrogens is 264 g/mol. The second kappa shape index (κ2) is 8.67. The molecule has 4 heteroatoms. The zero-order chi connectivity index (χ0) is 14.9. The molecule has 0 atom stereocenters. The van der Waals surface area contributed by atoms with Gasteiger partial charge in [0.05, 0.1) is 12.8 Å². The van der Waals surface area contributed by atoms with E-state index in [-0.39, 0.29) is 5.91 Å². The van der Waals surface area contributed by atoms with Crippen LogP contribution in [0.5, 0.6) is 5.75 Å².